The molecule has 4 rings (SSSR count). The number of fused-ring (bicyclic) bond motifs is 2. The van der Waals surface area contributed by atoms with Gasteiger partial charge < -0.3 is 5.32 Å². The molecule has 1 amide bonds. The van der Waals surface area contributed by atoms with Crippen LogP contribution in [0.2, 0.25) is 0 Å². The van der Waals surface area contributed by atoms with Gasteiger partial charge in [-0.25, -0.2) is 0 Å². The summed E-state index contributed by atoms with van der Waals surface area (Å²) in [4.78, 5) is 15.1. The van der Waals surface area contributed by atoms with Gasteiger partial charge in [0.05, 0.1) is 5.57 Å². The van der Waals surface area contributed by atoms with Gasteiger partial charge in [-0.2, -0.15) is 0 Å². The molecule has 4 heteroatoms. The summed E-state index contributed by atoms with van der Waals surface area (Å²) < 4.78 is 0. The van der Waals surface area contributed by atoms with E-state index in [1.54, 1.807) is 22.7 Å². The molecule has 2 fully saturated rings. The molecule has 1 N–H and O–H groups in total. The second-order valence-corrected chi connectivity index (χ2v) is 9.08. The van der Waals surface area contributed by atoms with E-state index < -0.39 is 0 Å². The van der Waals surface area contributed by atoms with E-state index in [0.29, 0.717) is 5.92 Å². The summed E-state index contributed by atoms with van der Waals surface area (Å²) in [7, 11) is 0. The van der Waals surface area contributed by atoms with Crippen LogP contribution in [-0.4, -0.2) is 11.9 Å². The minimum absolute atomic E-state index is 0.0705. The molecule has 2 nitrogen and oxygen atoms in total. The second kappa shape index (κ2) is 6.85. The van der Waals surface area contributed by atoms with Crippen molar-refractivity contribution in [3.05, 3.63) is 44.8 Å². The zero-order valence-corrected chi connectivity index (χ0v) is 15.5. The zero-order chi connectivity index (χ0) is 16.5. The summed E-state index contributed by atoms with van der Waals surface area (Å²) in [5.74, 6) is 2.48. The van der Waals surface area contributed by atoms with Gasteiger partial charge in [0, 0.05) is 15.8 Å². The molecule has 2 bridgehead atoms. The van der Waals surface area contributed by atoms with Crippen molar-refractivity contribution in [1.29, 1.82) is 0 Å². The largest absolute Gasteiger partial charge is 0.349 e. The maximum Gasteiger partial charge on any atom is 0.252 e. The molecule has 2 aromatic heterocycles. The highest BCUT2D eigenvalue weighted by Gasteiger charge is 2.42. The number of hydrogen-bond donors (Lipinski definition) is 1. The lowest BCUT2D eigenvalue weighted by molar-refractivity contribution is -0.116. The molecule has 0 spiro atoms. The predicted molar refractivity (Wildman–Crippen MR) is 103 cm³/mol. The predicted octanol–water partition coefficient (Wildman–Crippen LogP) is 5.29. The summed E-state index contributed by atoms with van der Waals surface area (Å²) in [5.41, 5.74) is 0.794. The van der Waals surface area contributed by atoms with E-state index in [4.69, 9.17) is 0 Å². The minimum Gasteiger partial charge on any atom is -0.349 e. The van der Waals surface area contributed by atoms with E-state index in [0.717, 1.165) is 27.2 Å². The van der Waals surface area contributed by atoms with E-state index in [9.17, 15) is 4.79 Å². The first kappa shape index (κ1) is 16.1. The molecule has 4 atom stereocenters. The van der Waals surface area contributed by atoms with Gasteiger partial charge in [0.15, 0.2) is 0 Å². The van der Waals surface area contributed by atoms with E-state index in [1.165, 1.54) is 25.7 Å². The SMILES string of the molecule is C[C@@H](NC(=O)/C(=C/c1cccs1)c1cccs1)[C@H]1C[C@H]2CC[C@H]1C2. The monoisotopic (exact) mass is 357 g/mol. The highest BCUT2D eigenvalue weighted by molar-refractivity contribution is 7.12. The third kappa shape index (κ3) is 3.22. The van der Waals surface area contributed by atoms with Crippen molar-refractivity contribution >= 4 is 40.2 Å². The Morgan fingerprint density at radius 1 is 1.21 bits per heavy atom. The van der Waals surface area contributed by atoms with E-state index in [2.05, 4.69) is 18.3 Å². The van der Waals surface area contributed by atoms with Crippen LogP contribution < -0.4 is 5.32 Å². The van der Waals surface area contributed by atoms with E-state index in [-0.39, 0.29) is 11.9 Å². The molecule has 24 heavy (non-hydrogen) atoms. The van der Waals surface area contributed by atoms with Crippen molar-refractivity contribution in [3.8, 4) is 0 Å². The Morgan fingerprint density at radius 3 is 2.67 bits per heavy atom. The minimum atomic E-state index is 0.0705. The molecule has 0 aromatic carbocycles. The molecule has 0 aliphatic heterocycles. The van der Waals surface area contributed by atoms with Gasteiger partial charge in [-0.1, -0.05) is 18.6 Å². The third-order valence-electron chi connectivity index (χ3n) is 5.65. The number of carbonyl (C=O) groups is 1. The van der Waals surface area contributed by atoms with Crippen molar-refractivity contribution < 1.29 is 4.79 Å². The fourth-order valence-electron chi connectivity index (χ4n) is 4.49. The summed E-state index contributed by atoms with van der Waals surface area (Å²) in [5, 5.41) is 7.39. The van der Waals surface area contributed by atoms with Gasteiger partial charge in [0.1, 0.15) is 0 Å². The average Bonchev–Trinajstić information content (AvgIpc) is 3.37. The summed E-state index contributed by atoms with van der Waals surface area (Å²) >= 11 is 3.30. The van der Waals surface area contributed by atoms with Crippen molar-refractivity contribution in [2.45, 2.75) is 38.6 Å². The average molecular weight is 358 g/mol. The van der Waals surface area contributed by atoms with Crippen molar-refractivity contribution in [2.24, 2.45) is 17.8 Å². The maximum atomic E-state index is 13.0. The van der Waals surface area contributed by atoms with Crippen molar-refractivity contribution in [3.63, 3.8) is 0 Å². The topological polar surface area (TPSA) is 29.1 Å². The zero-order valence-electron chi connectivity index (χ0n) is 13.9. The lowest BCUT2D eigenvalue weighted by Crippen LogP contribution is -2.40. The number of thiophene rings is 2. The fourth-order valence-corrected chi connectivity index (χ4v) is 5.89. The van der Waals surface area contributed by atoms with Crippen LogP contribution in [0.15, 0.2) is 35.0 Å². The molecule has 2 aliphatic carbocycles. The molecule has 2 aliphatic rings. The van der Waals surface area contributed by atoms with Gasteiger partial charge in [-0.15, -0.1) is 22.7 Å². The lowest BCUT2D eigenvalue weighted by atomic mass is 9.84. The van der Waals surface area contributed by atoms with Crippen LogP contribution in [0.25, 0.3) is 11.6 Å². The number of amides is 1. The lowest BCUT2D eigenvalue weighted by Gasteiger charge is -2.28. The molecular formula is C20H23NOS2. The van der Waals surface area contributed by atoms with Crippen LogP contribution in [-0.2, 0) is 4.79 Å². The molecular weight excluding hydrogens is 334 g/mol. The fraction of sp³-hybridized carbons (Fsp3) is 0.450. The van der Waals surface area contributed by atoms with Crippen LogP contribution in [0.1, 0.15) is 42.4 Å². The molecule has 2 aromatic rings. The quantitative estimate of drug-likeness (QED) is 0.724. The van der Waals surface area contributed by atoms with E-state index in [1.807, 2.05) is 35.0 Å². The Labute approximate surface area is 151 Å². The van der Waals surface area contributed by atoms with Crippen LogP contribution in [0.3, 0.4) is 0 Å². The normalized spacial score (nSPS) is 27.4. The van der Waals surface area contributed by atoms with Gasteiger partial charge in [-0.05, 0) is 72.9 Å². The molecule has 0 radical (unpaired) electrons. The molecule has 0 saturated heterocycles. The van der Waals surface area contributed by atoms with Gasteiger partial charge in [0.2, 0.25) is 0 Å². The smallest absolute Gasteiger partial charge is 0.252 e. The number of hydrogen-bond acceptors (Lipinski definition) is 3. The standard InChI is InChI=1S/C20H23NOS2/c1-13(17-11-14-6-7-15(17)10-14)21-20(22)18(19-5-3-9-24-19)12-16-4-2-8-23-16/h2-5,8-9,12-15,17H,6-7,10-11H2,1H3,(H,21,22)/b18-12+/t13-,14+,15+,17-/m1/s1. The van der Waals surface area contributed by atoms with Gasteiger partial charge in [0.25, 0.3) is 5.91 Å². The molecule has 126 valence electrons. The second-order valence-electron chi connectivity index (χ2n) is 7.15. The first-order valence-corrected chi connectivity index (χ1v) is 10.6. The first-order chi connectivity index (χ1) is 11.7. The van der Waals surface area contributed by atoms with Crippen LogP contribution in [0.5, 0.6) is 0 Å². The van der Waals surface area contributed by atoms with Crippen LogP contribution in [0, 0.1) is 17.8 Å². The van der Waals surface area contributed by atoms with Crippen molar-refractivity contribution in [2.75, 3.05) is 0 Å². The number of rotatable bonds is 5. The van der Waals surface area contributed by atoms with Crippen LogP contribution >= 0.6 is 22.7 Å². The third-order valence-corrected chi connectivity index (χ3v) is 7.38. The Bertz CT molecular complexity index is 717. The molecule has 0 unspecified atom stereocenters. The molecule has 2 saturated carbocycles. The first-order valence-electron chi connectivity index (χ1n) is 8.80. The Hall–Kier alpha value is -1.39. The van der Waals surface area contributed by atoms with Crippen LogP contribution in [0.4, 0.5) is 0 Å². The summed E-state index contributed by atoms with van der Waals surface area (Å²) in [6.07, 6.45) is 7.47. The highest BCUT2D eigenvalue weighted by atomic mass is 32.1. The number of nitrogens with one attached hydrogen (secondary N) is 1. The Kier molecular flexibility index (Phi) is 4.59. The summed E-state index contributed by atoms with van der Waals surface area (Å²) in [6, 6.07) is 8.39. The van der Waals surface area contributed by atoms with Crippen molar-refractivity contribution in [1.82, 2.24) is 5.32 Å². The maximum absolute atomic E-state index is 13.0. The highest BCUT2D eigenvalue weighted by Crippen LogP contribution is 2.49. The van der Waals surface area contributed by atoms with Gasteiger partial charge >= 0.3 is 0 Å². The number of carbonyl (C=O) groups excluding carboxylic acids is 1. The molecule has 2 heterocycles. The Balaban J connectivity index is 1.51. The Morgan fingerprint density at radius 2 is 2.04 bits per heavy atom. The van der Waals surface area contributed by atoms with Gasteiger partial charge in [-0.3, -0.25) is 4.79 Å². The van der Waals surface area contributed by atoms with E-state index >= 15 is 0 Å². The summed E-state index contributed by atoms with van der Waals surface area (Å²) in [6.45, 7) is 2.19.